The third kappa shape index (κ3) is 4.63. The summed E-state index contributed by atoms with van der Waals surface area (Å²) in [5, 5.41) is 5.15. The van der Waals surface area contributed by atoms with Gasteiger partial charge in [-0.1, -0.05) is 79.7 Å². The van der Waals surface area contributed by atoms with Crippen LogP contribution in [-0.2, 0) is 0 Å². The molecular formula is C23H29Cl2N. The molecule has 2 aromatic carbocycles. The SMILES string of the molecule is CCCCCC(C)N[C@@H]1CC[C@@H](c2ccc(Cl)c(Cl)c2)c2ccccc21. The van der Waals surface area contributed by atoms with E-state index in [1.54, 1.807) is 0 Å². The minimum absolute atomic E-state index is 0.398. The Hall–Kier alpha value is -1.02. The molecule has 0 saturated heterocycles. The summed E-state index contributed by atoms with van der Waals surface area (Å²) in [6.07, 6.45) is 7.46. The lowest BCUT2D eigenvalue weighted by molar-refractivity contribution is 0.378. The fourth-order valence-electron chi connectivity index (χ4n) is 4.17. The second kappa shape index (κ2) is 9.26. The van der Waals surface area contributed by atoms with E-state index in [1.165, 1.54) is 42.4 Å². The second-order valence-corrected chi connectivity index (χ2v) is 8.36. The van der Waals surface area contributed by atoms with Crippen molar-refractivity contribution in [1.82, 2.24) is 5.32 Å². The fraction of sp³-hybridized carbons (Fsp3) is 0.478. The summed E-state index contributed by atoms with van der Waals surface area (Å²) in [5.41, 5.74) is 4.13. The van der Waals surface area contributed by atoms with Gasteiger partial charge in [-0.15, -0.1) is 0 Å². The summed E-state index contributed by atoms with van der Waals surface area (Å²) in [6, 6.07) is 15.9. The van der Waals surface area contributed by atoms with E-state index in [4.69, 9.17) is 23.2 Å². The van der Waals surface area contributed by atoms with Crippen molar-refractivity contribution in [1.29, 1.82) is 0 Å². The normalized spacial score (nSPS) is 20.6. The van der Waals surface area contributed by atoms with Crippen molar-refractivity contribution in [2.75, 3.05) is 0 Å². The first-order valence-corrected chi connectivity index (χ1v) is 10.7. The molecular weight excluding hydrogens is 361 g/mol. The van der Waals surface area contributed by atoms with Crippen molar-refractivity contribution in [3.05, 3.63) is 69.2 Å². The lowest BCUT2D eigenvalue weighted by Crippen LogP contribution is -2.33. The first kappa shape index (κ1) is 19.7. The number of benzene rings is 2. The van der Waals surface area contributed by atoms with Gasteiger partial charge in [-0.3, -0.25) is 0 Å². The van der Waals surface area contributed by atoms with Crippen molar-refractivity contribution in [2.24, 2.45) is 0 Å². The minimum atomic E-state index is 0.398. The van der Waals surface area contributed by atoms with E-state index < -0.39 is 0 Å². The van der Waals surface area contributed by atoms with Gasteiger partial charge in [-0.2, -0.15) is 0 Å². The maximum Gasteiger partial charge on any atom is 0.0595 e. The predicted octanol–water partition coefficient (Wildman–Crippen LogP) is 7.52. The number of unbranched alkanes of at least 4 members (excludes halogenated alkanes) is 2. The molecule has 0 spiro atoms. The van der Waals surface area contributed by atoms with E-state index in [-0.39, 0.29) is 0 Å². The average Bonchev–Trinajstić information content (AvgIpc) is 2.65. The maximum atomic E-state index is 6.27. The van der Waals surface area contributed by atoms with Crippen LogP contribution in [0.1, 0.15) is 81.0 Å². The Balaban J connectivity index is 1.78. The van der Waals surface area contributed by atoms with Gasteiger partial charge in [0.1, 0.15) is 0 Å². The van der Waals surface area contributed by atoms with Crippen LogP contribution < -0.4 is 5.32 Å². The zero-order valence-corrected chi connectivity index (χ0v) is 17.3. The van der Waals surface area contributed by atoms with Crippen LogP contribution in [0.5, 0.6) is 0 Å². The highest BCUT2D eigenvalue weighted by molar-refractivity contribution is 6.42. The molecule has 26 heavy (non-hydrogen) atoms. The topological polar surface area (TPSA) is 12.0 Å². The van der Waals surface area contributed by atoms with Gasteiger partial charge in [0.25, 0.3) is 0 Å². The molecule has 0 aliphatic heterocycles. The summed E-state index contributed by atoms with van der Waals surface area (Å²) in [6.45, 7) is 4.59. The molecule has 0 amide bonds. The monoisotopic (exact) mass is 389 g/mol. The van der Waals surface area contributed by atoms with E-state index in [2.05, 4.69) is 49.5 Å². The Kier molecular flexibility index (Phi) is 7.03. The van der Waals surface area contributed by atoms with Gasteiger partial charge in [0, 0.05) is 18.0 Å². The molecule has 2 aromatic rings. The number of fused-ring (bicyclic) bond motifs is 1. The number of nitrogens with one attached hydrogen (secondary N) is 1. The van der Waals surface area contributed by atoms with E-state index in [0.717, 1.165) is 12.8 Å². The molecule has 0 fully saturated rings. The highest BCUT2D eigenvalue weighted by Gasteiger charge is 2.28. The van der Waals surface area contributed by atoms with Crippen LogP contribution in [0.25, 0.3) is 0 Å². The number of hydrogen-bond acceptors (Lipinski definition) is 1. The summed E-state index contributed by atoms with van der Waals surface area (Å²) >= 11 is 12.4. The van der Waals surface area contributed by atoms with Gasteiger partial charge in [-0.25, -0.2) is 0 Å². The molecule has 3 heteroatoms. The molecule has 1 nitrogen and oxygen atoms in total. The zero-order chi connectivity index (χ0) is 18.5. The Morgan fingerprint density at radius 3 is 2.50 bits per heavy atom. The maximum absolute atomic E-state index is 6.27. The van der Waals surface area contributed by atoms with Crippen molar-refractivity contribution in [3.63, 3.8) is 0 Å². The zero-order valence-electron chi connectivity index (χ0n) is 15.8. The van der Waals surface area contributed by atoms with E-state index >= 15 is 0 Å². The molecule has 1 aliphatic carbocycles. The van der Waals surface area contributed by atoms with Crippen LogP contribution in [0.2, 0.25) is 10.0 Å². The number of halogens is 2. The largest absolute Gasteiger partial charge is 0.307 e. The highest BCUT2D eigenvalue weighted by Crippen LogP contribution is 2.42. The lowest BCUT2D eigenvalue weighted by atomic mass is 9.76. The highest BCUT2D eigenvalue weighted by atomic mass is 35.5. The molecule has 0 saturated carbocycles. The van der Waals surface area contributed by atoms with Crippen LogP contribution in [0.15, 0.2) is 42.5 Å². The first-order valence-electron chi connectivity index (χ1n) is 9.90. The smallest absolute Gasteiger partial charge is 0.0595 e. The lowest BCUT2D eigenvalue weighted by Gasteiger charge is -2.34. The summed E-state index contributed by atoms with van der Waals surface area (Å²) in [4.78, 5) is 0. The molecule has 0 heterocycles. The van der Waals surface area contributed by atoms with Crippen LogP contribution in [-0.4, -0.2) is 6.04 Å². The predicted molar refractivity (Wildman–Crippen MR) is 113 cm³/mol. The van der Waals surface area contributed by atoms with Crippen molar-refractivity contribution in [2.45, 2.75) is 70.4 Å². The third-order valence-corrected chi connectivity index (χ3v) is 6.30. The Morgan fingerprint density at radius 2 is 1.77 bits per heavy atom. The van der Waals surface area contributed by atoms with Crippen LogP contribution >= 0.6 is 23.2 Å². The van der Waals surface area contributed by atoms with E-state index in [1.807, 2.05) is 12.1 Å². The molecule has 0 radical (unpaired) electrons. The summed E-state index contributed by atoms with van der Waals surface area (Å²) < 4.78 is 0. The fourth-order valence-corrected chi connectivity index (χ4v) is 4.47. The van der Waals surface area contributed by atoms with Gasteiger partial charge in [0.15, 0.2) is 0 Å². The summed E-state index contributed by atoms with van der Waals surface area (Å²) in [7, 11) is 0. The van der Waals surface area contributed by atoms with Gasteiger partial charge in [-0.05, 0) is 55.0 Å². The van der Waals surface area contributed by atoms with Gasteiger partial charge in [0.2, 0.25) is 0 Å². The molecule has 1 aliphatic rings. The standard InChI is InChI=1S/C23H29Cl2N/c1-3-4-5-8-16(2)26-23-14-12-18(19-9-6-7-10-20(19)23)17-11-13-21(24)22(25)15-17/h6-7,9-11,13,15-16,18,23,26H,3-5,8,12,14H2,1-2H3/t16?,18-,23+/m0/s1. The molecule has 1 N–H and O–H groups in total. The van der Waals surface area contributed by atoms with Crippen molar-refractivity contribution >= 4 is 23.2 Å². The molecule has 3 atom stereocenters. The first-order chi connectivity index (χ1) is 12.6. The quantitative estimate of drug-likeness (QED) is 0.482. The minimum Gasteiger partial charge on any atom is -0.307 e. The molecule has 3 rings (SSSR count). The van der Waals surface area contributed by atoms with Crippen LogP contribution in [0, 0.1) is 0 Å². The van der Waals surface area contributed by atoms with Gasteiger partial charge < -0.3 is 5.32 Å². The molecule has 0 aromatic heterocycles. The Bertz CT molecular complexity index is 728. The van der Waals surface area contributed by atoms with Gasteiger partial charge >= 0.3 is 0 Å². The Morgan fingerprint density at radius 1 is 1.00 bits per heavy atom. The second-order valence-electron chi connectivity index (χ2n) is 7.55. The number of hydrogen-bond donors (Lipinski definition) is 1. The molecule has 140 valence electrons. The molecule has 1 unspecified atom stereocenters. The van der Waals surface area contributed by atoms with Gasteiger partial charge in [0.05, 0.1) is 10.0 Å². The number of rotatable bonds is 7. The van der Waals surface area contributed by atoms with Crippen LogP contribution in [0.4, 0.5) is 0 Å². The Labute approximate surface area is 168 Å². The van der Waals surface area contributed by atoms with E-state index in [9.17, 15) is 0 Å². The van der Waals surface area contributed by atoms with E-state index in [0.29, 0.717) is 28.0 Å². The summed E-state index contributed by atoms with van der Waals surface area (Å²) in [5.74, 6) is 0.398. The molecule has 0 bridgehead atoms. The van der Waals surface area contributed by atoms with Crippen molar-refractivity contribution < 1.29 is 0 Å². The van der Waals surface area contributed by atoms with Crippen LogP contribution in [0.3, 0.4) is 0 Å². The van der Waals surface area contributed by atoms with Crippen molar-refractivity contribution in [3.8, 4) is 0 Å². The average molecular weight is 390 g/mol. The third-order valence-electron chi connectivity index (χ3n) is 5.56.